The normalized spacial score (nSPS) is 37.9. The molecule has 3 heteroatoms. The Labute approximate surface area is 97.5 Å². The molecule has 0 heterocycles. The van der Waals surface area contributed by atoms with Gasteiger partial charge in [-0.05, 0) is 31.1 Å². The summed E-state index contributed by atoms with van der Waals surface area (Å²) in [6.45, 7) is 2.76. The number of fused-ring (bicyclic) bond motifs is 1. The topological polar surface area (TPSA) is 35.5 Å². The van der Waals surface area contributed by atoms with Crippen LogP contribution < -0.4 is 0 Å². The Balaban J connectivity index is 1.85. The summed E-state index contributed by atoms with van der Waals surface area (Å²) in [6.07, 6.45) is 7.35. The van der Waals surface area contributed by atoms with Crippen molar-refractivity contribution in [1.82, 2.24) is 0 Å². The molecule has 0 aromatic carbocycles. The van der Waals surface area contributed by atoms with Gasteiger partial charge in [-0.1, -0.05) is 26.2 Å². The summed E-state index contributed by atoms with van der Waals surface area (Å²) >= 11 is 0. The minimum atomic E-state index is -0.547. The van der Waals surface area contributed by atoms with E-state index in [2.05, 4.69) is 11.7 Å². The fraction of sp³-hybridized carbons (Fsp3) is 0.923. The summed E-state index contributed by atoms with van der Waals surface area (Å²) < 4.78 is 9.63. The highest BCUT2D eigenvalue weighted by molar-refractivity contribution is 5.59. The fourth-order valence-corrected chi connectivity index (χ4v) is 3.45. The van der Waals surface area contributed by atoms with E-state index < -0.39 is 6.16 Å². The Morgan fingerprint density at radius 3 is 2.81 bits per heavy atom. The van der Waals surface area contributed by atoms with Crippen molar-refractivity contribution < 1.29 is 14.3 Å². The summed E-state index contributed by atoms with van der Waals surface area (Å²) in [7, 11) is 1.36. The molecule has 2 saturated carbocycles. The molecule has 92 valence electrons. The molecule has 0 radical (unpaired) electrons. The van der Waals surface area contributed by atoms with E-state index in [4.69, 9.17) is 4.74 Å². The molecule has 0 aromatic heterocycles. The van der Waals surface area contributed by atoms with Crippen molar-refractivity contribution in [3.8, 4) is 0 Å². The number of carbonyl (C=O) groups excluding carboxylic acids is 1. The minimum absolute atomic E-state index is 0.180. The lowest BCUT2D eigenvalue weighted by atomic mass is 9.68. The fourth-order valence-electron chi connectivity index (χ4n) is 3.45. The van der Waals surface area contributed by atoms with Crippen molar-refractivity contribution in [2.75, 3.05) is 13.7 Å². The van der Waals surface area contributed by atoms with Gasteiger partial charge in [0.1, 0.15) is 6.61 Å². The van der Waals surface area contributed by atoms with Crippen LogP contribution in [0.4, 0.5) is 4.79 Å². The summed E-state index contributed by atoms with van der Waals surface area (Å²) in [6, 6.07) is 0. The zero-order chi connectivity index (χ0) is 11.6. The van der Waals surface area contributed by atoms with E-state index in [1.807, 2.05) is 0 Å². The highest BCUT2D eigenvalue weighted by Gasteiger charge is 2.40. The van der Waals surface area contributed by atoms with Crippen LogP contribution in [0.5, 0.6) is 0 Å². The van der Waals surface area contributed by atoms with Gasteiger partial charge in [0.2, 0.25) is 0 Å². The lowest BCUT2D eigenvalue weighted by Crippen LogP contribution is -2.33. The predicted octanol–water partition coefficient (Wildman–Crippen LogP) is 3.38. The van der Waals surface area contributed by atoms with Gasteiger partial charge in [0.25, 0.3) is 0 Å². The predicted molar refractivity (Wildman–Crippen MR) is 61.1 cm³/mol. The molecule has 3 unspecified atom stereocenters. The summed E-state index contributed by atoms with van der Waals surface area (Å²) in [5, 5.41) is 0. The van der Waals surface area contributed by atoms with Gasteiger partial charge >= 0.3 is 6.16 Å². The van der Waals surface area contributed by atoms with E-state index in [-0.39, 0.29) is 5.41 Å². The van der Waals surface area contributed by atoms with Crippen molar-refractivity contribution in [2.24, 2.45) is 17.3 Å². The van der Waals surface area contributed by atoms with E-state index in [1.165, 1.54) is 45.6 Å². The SMILES string of the molecule is COC(=O)OCC1(C)CCC2CCCC2C1. The van der Waals surface area contributed by atoms with Crippen molar-refractivity contribution in [2.45, 2.75) is 45.4 Å². The summed E-state index contributed by atoms with van der Waals surface area (Å²) in [4.78, 5) is 11.0. The van der Waals surface area contributed by atoms with Gasteiger partial charge in [0, 0.05) is 5.41 Å². The van der Waals surface area contributed by atoms with Crippen LogP contribution in [0.2, 0.25) is 0 Å². The molecule has 2 rings (SSSR count). The Morgan fingerprint density at radius 2 is 2.06 bits per heavy atom. The van der Waals surface area contributed by atoms with Crippen LogP contribution in [0.3, 0.4) is 0 Å². The standard InChI is InChI=1S/C13H22O3/c1-13(9-16-12(14)15-2)7-6-10-4-3-5-11(10)8-13/h10-11H,3-9H2,1-2H3. The number of carbonyl (C=O) groups is 1. The first kappa shape index (κ1) is 11.7. The molecule has 2 aliphatic rings. The Hall–Kier alpha value is -0.730. The first-order valence-electron chi connectivity index (χ1n) is 6.34. The van der Waals surface area contributed by atoms with Crippen LogP contribution >= 0.6 is 0 Å². The lowest BCUT2D eigenvalue weighted by Gasteiger charge is -2.39. The van der Waals surface area contributed by atoms with Gasteiger partial charge < -0.3 is 9.47 Å². The second-order valence-corrected chi connectivity index (χ2v) is 5.75. The third kappa shape index (κ3) is 2.50. The molecule has 0 aromatic rings. The molecule has 3 nitrogen and oxygen atoms in total. The second-order valence-electron chi connectivity index (χ2n) is 5.75. The summed E-state index contributed by atoms with van der Waals surface area (Å²) in [5.41, 5.74) is 0.180. The van der Waals surface area contributed by atoms with Crippen molar-refractivity contribution >= 4 is 6.16 Å². The molecule has 0 saturated heterocycles. The quantitative estimate of drug-likeness (QED) is 0.677. The van der Waals surface area contributed by atoms with Gasteiger partial charge in [-0.25, -0.2) is 4.79 Å². The van der Waals surface area contributed by atoms with E-state index in [0.717, 1.165) is 11.8 Å². The van der Waals surface area contributed by atoms with Crippen molar-refractivity contribution in [1.29, 1.82) is 0 Å². The zero-order valence-electron chi connectivity index (χ0n) is 10.3. The molecule has 0 aliphatic heterocycles. The van der Waals surface area contributed by atoms with Crippen LogP contribution in [-0.2, 0) is 9.47 Å². The largest absolute Gasteiger partial charge is 0.507 e. The smallest absolute Gasteiger partial charge is 0.438 e. The number of ether oxygens (including phenoxy) is 2. The molecule has 0 bridgehead atoms. The third-order valence-corrected chi connectivity index (χ3v) is 4.40. The maximum atomic E-state index is 11.0. The van der Waals surface area contributed by atoms with Gasteiger partial charge in [0.05, 0.1) is 7.11 Å². The van der Waals surface area contributed by atoms with Gasteiger partial charge in [-0.2, -0.15) is 0 Å². The molecule has 2 fully saturated rings. The Morgan fingerprint density at radius 1 is 1.31 bits per heavy atom. The average Bonchev–Trinajstić information content (AvgIpc) is 2.72. The molecular formula is C13H22O3. The lowest BCUT2D eigenvalue weighted by molar-refractivity contribution is 0.00815. The van der Waals surface area contributed by atoms with E-state index in [9.17, 15) is 4.79 Å². The molecule has 0 amide bonds. The Bertz CT molecular complexity index is 264. The number of rotatable bonds is 2. The van der Waals surface area contributed by atoms with E-state index in [1.54, 1.807) is 0 Å². The van der Waals surface area contributed by atoms with Crippen molar-refractivity contribution in [3.05, 3.63) is 0 Å². The first-order chi connectivity index (χ1) is 7.63. The van der Waals surface area contributed by atoms with Crippen LogP contribution in [0.25, 0.3) is 0 Å². The van der Waals surface area contributed by atoms with Crippen LogP contribution in [0.1, 0.15) is 45.4 Å². The number of hydrogen-bond acceptors (Lipinski definition) is 3. The monoisotopic (exact) mass is 226 g/mol. The molecule has 2 aliphatic carbocycles. The van der Waals surface area contributed by atoms with Gasteiger partial charge in [-0.3, -0.25) is 0 Å². The maximum absolute atomic E-state index is 11.0. The third-order valence-electron chi connectivity index (χ3n) is 4.40. The first-order valence-corrected chi connectivity index (χ1v) is 6.34. The molecule has 16 heavy (non-hydrogen) atoms. The van der Waals surface area contributed by atoms with Crippen LogP contribution in [0.15, 0.2) is 0 Å². The van der Waals surface area contributed by atoms with Crippen LogP contribution in [-0.4, -0.2) is 19.9 Å². The zero-order valence-corrected chi connectivity index (χ0v) is 10.3. The molecule has 0 N–H and O–H groups in total. The summed E-state index contributed by atoms with van der Waals surface area (Å²) in [5.74, 6) is 1.83. The van der Waals surface area contributed by atoms with Gasteiger partial charge in [0.15, 0.2) is 0 Å². The molecule has 0 spiro atoms. The molecular weight excluding hydrogens is 204 g/mol. The maximum Gasteiger partial charge on any atom is 0.507 e. The highest BCUT2D eigenvalue weighted by Crippen LogP contribution is 2.49. The van der Waals surface area contributed by atoms with Crippen molar-refractivity contribution in [3.63, 3.8) is 0 Å². The number of hydrogen-bond donors (Lipinski definition) is 0. The Kier molecular flexibility index (Phi) is 3.41. The second kappa shape index (κ2) is 4.64. The average molecular weight is 226 g/mol. The van der Waals surface area contributed by atoms with Crippen LogP contribution in [0, 0.1) is 17.3 Å². The van der Waals surface area contributed by atoms with E-state index >= 15 is 0 Å². The minimum Gasteiger partial charge on any atom is -0.438 e. The van der Waals surface area contributed by atoms with E-state index in [0.29, 0.717) is 6.61 Å². The van der Waals surface area contributed by atoms with Gasteiger partial charge in [-0.15, -0.1) is 0 Å². The molecule has 3 atom stereocenters. The number of methoxy groups -OCH3 is 1. The highest BCUT2D eigenvalue weighted by atomic mass is 16.7.